The van der Waals surface area contributed by atoms with Gasteiger partial charge in [-0.05, 0) is 36.6 Å². The third-order valence-electron chi connectivity index (χ3n) is 5.17. The van der Waals surface area contributed by atoms with Crippen LogP contribution in [0.4, 0.5) is 0 Å². The van der Waals surface area contributed by atoms with Crippen LogP contribution in [0.5, 0.6) is 17.2 Å². The zero-order chi connectivity index (χ0) is 21.8. The molecule has 166 valence electrons. The van der Waals surface area contributed by atoms with E-state index in [2.05, 4.69) is 6.92 Å². The predicted octanol–water partition coefficient (Wildman–Crippen LogP) is 3.27. The Balaban J connectivity index is 0.00000480. The van der Waals surface area contributed by atoms with Crippen LogP contribution >= 0.6 is 0 Å². The molecule has 2 aromatic carbocycles. The van der Waals surface area contributed by atoms with Crippen LogP contribution in [0, 0.1) is 0 Å². The van der Waals surface area contributed by atoms with Gasteiger partial charge in [-0.25, -0.2) is 0 Å². The van der Waals surface area contributed by atoms with E-state index in [0.717, 1.165) is 24.8 Å². The van der Waals surface area contributed by atoms with Crippen molar-refractivity contribution in [3.05, 3.63) is 48.0 Å². The minimum absolute atomic E-state index is 0. The number of rotatable bonds is 14. The van der Waals surface area contributed by atoms with Gasteiger partial charge in [0, 0.05) is 0 Å². The van der Waals surface area contributed by atoms with Crippen LogP contribution in [0.3, 0.4) is 0 Å². The van der Waals surface area contributed by atoms with E-state index in [1.807, 2.05) is 6.07 Å². The van der Waals surface area contributed by atoms with Crippen LogP contribution < -0.4 is 61.2 Å². The molecule has 0 aliphatic heterocycles. The van der Waals surface area contributed by atoms with Crippen molar-refractivity contribution in [1.29, 1.82) is 0 Å². The van der Waals surface area contributed by atoms with Crippen LogP contribution in [0.2, 0.25) is 0 Å². The molecule has 0 amide bonds. The molecule has 0 bridgehead atoms. The topological polar surface area (TPSA) is 86.7 Å². The van der Waals surface area contributed by atoms with E-state index < -0.39 is 10.1 Å². The normalized spacial score (nSPS) is 11.2. The molecule has 0 heterocycles. The van der Waals surface area contributed by atoms with Gasteiger partial charge in [-0.15, -0.1) is 0 Å². The SMILES string of the molecule is CCCCCCCCCCCCc1ccc(Oc2ccccc2S(=O)(=O)O)c([O-])c1.[K+]. The van der Waals surface area contributed by atoms with Gasteiger partial charge < -0.3 is 9.84 Å². The van der Waals surface area contributed by atoms with Crippen LogP contribution in [-0.4, -0.2) is 13.0 Å². The summed E-state index contributed by atoms with van der Waals surface area (Å²) in [4.78, 5) is -0.362. The summed E-state index contributed by atoms with van der Waals surface area (Å²) < 4.78 is 37.7. The summed E-state index contributed by atoms with van der Waals surface area (Å²) in [5.74, 6) is -0.331. The molecule has 0 aliphatic rings. The second-order valence-electron chi connectivity index (χ2n) is 7.74. The molecule has 2 rings (SSSR count). The number of hydrogen-bond acceptors (Lipinski definition) is 4. The standard InChI is InChI=1S/C24H34O5S.K/c1-2-3-4-5-6-7-8-9-10-11-14-20-17-18-22(21(25)19-20)29-23-15-12-13-16-24(23)30(26,27)28;/h12-13,15-19,25H,2-11,14H2,1H3,(H,26,27,28);/q;+1/p-1. The van der Waals surface area contributed by atoms with E-state index in [9.17, 15) is 18.1 Å². The molecule has 5 nitrogen and oxygen atoms in total. The second-order valence-corrected chi connectivity index (χ2v) is 9.13. The molecule has 0 fully saturated rings. The van der Waals surface area contributed by atoms with Crippen molar-refractivity contribution in [2.24, 2.45) is 0 Å². The zero-order valence-corrected chi connectivity index (χ0v) is 22.7. The largest absolute Gasteiger partial charge is 1.00 e. The summed E-state index contributed by atoms with van der Waals surface area (Å²) in [7, 11) is -4.43. The number of hydrogen-bond donors (Lipinski definition) is 1. The van der Waals surface area contributed by atoms with Gasteiger partial charge in [0.05, 0.1) is 0 Å². The maximum absolute atomic E-state index is 12.4. The number of benzene rings is 2. The Morgan fingerprint density at radius 3 is 2.00 bits per heavy atom. The van der Waals surface area contributed by atoms with Crippen molar-refractivity contribution in [1.82, 2.24) is 0 Å². The Hall–Kier alpha value is -0.414. The van der Waals surface area contributed by atoms with Crippen molar-refractivity contribution in [2.75, 3.05) is 0 Å². The number of aryl methyl sites for hydroxylation is 1. The molecular weight excluding hydrogens is 439 g/mol. The smallest absolute Gasteiger partial charge is 0.870 e. The average molecular weight is 473 g/mol. The van der Waals surface area contributed by atoms with E-state index in [0.29, 0.717) is 0 Å². The summed E-state index contributed by atoms with van der Waals surface area (Å²) in [6.07, 6.45) is 13.5. The molecule has 0 aliphatic carbocycles. The number of unbranched alkanes of at least 4 members (excludes halogenated alkanes) is 9. The van der Waals surface area contributed by atoms with Crippen molar-refractivity contribution < 1.29 is 74.2 Å². The van der Waals surface area contributed by atoms with Gasteiger partial charge in [-0.2, -0.15) is 8.42 Å². The van der Waals surface area contributed by atoms with Crippen molar-refractivity contribution in [3.63, 3.8) is 0 Å². The van der Waals surface area contributed by atoms with Gasteiger partial charge >= 0.3 is 51.4 Å². The molecule has 31 heavy (non-hydrogen) atoms. The number of para-hydroxylation sites is 1. The molecule has 0 atom stereocenters. The first kappa shape index (κ1) is 28.6. The Morgan fingerprint density at radius 1 is 0.839 bits per heavy atom. The average Bonchev–Trinajstić information content (AvgIpc) is 2.71. The third-order valence-corrected chi connectivity index (χ3v) is 6.07. The fourth-order valence-corrected chi connectivity index (χ4v) is 4.09. The summed E-state index contributed by atoms with van der Waals surface area (Å²) in [6.45, 7) is 2.24. The van der Waals surface area contributed by atoms with Gasteiger partial charge in [0.1, 0.15) is 16.4 Å². The molecule has 0 unspecified atom stereocenters. The van der Waals surface area contributed by atoms with Crippen molar-refractivity contribution in [3.8, 4) is 17.2 Å². The molecule has 7 heteroatoms. The summed E-state index contributed by atoms with van der Waals surface area (Å²) in [6, 6.07) is 10.6. The minimum atomic E-state index is -4.43. The molecular formula is C24H33KO5S. The van der Waals surface area contributed by atoms with E-state index in [4.69, 9.17) is 4.74 Å². The van der Waals surface area contributed by atoms with Gasteiger partial charge in [0.2, 0.25) is 0 Å². The van der Waals surface area contributed by atoms with Gasteiger partial charge in [-0.3, -0.25) is 4.55 Å². The Morgan fingerprint density at radius 2 is 1.42 bits per heavy atom. The fourth-order valence-electron chi connectivity index (χ4n) is 3.47. The Labute approximate surface area is 229 Å². The van der Waals surface area contributed by atoms with Gasteiger partial charge in [-0.1, -0.05) is 94.7 Å². The Kier molecular flexibility index (Phi) is 14.2. The fraction of sp³-hybridized carbons (Fsp3) is 0.500. The maximum Gasteiger partial charge on any atom is 1.00 e. The molecule has 1 N–H and O–H groups in total. The van der Waals surface area contributed by atoms with E-state index >= 15 is 0 Å². The monoisotopic (exact) mass is 472 g/mol. The molecule has 0 saturated carbocycles. The maximum atomic E-state index is 12.4. The molecule has 0 radical (unpaired) electrons. The van der Waals surface area contributed by atoms with E-state index in [-0.39, 0.29) is 73.5 Å². The van der Waals surface area contributed by atoms with Crippen LogP contribution in [0.25, 0.3) is 0 Å². The van der Waals surface area contributed by atoms with Gasteiger partial charge in [0.15, 0.2) is 0 Å². The van der Waals surface area contributed by atoms with Crippen molar-refractivity contribution >= 4 is 10.1 Å². The molecule has 2 aromatic rings. The predicted molar refractivity (Wildman–Crippen MR) is 118 cm³/mol. The zero-order valence-electron chi connectivity index (χ0n) is 18.8. The van der Waals surface area contributed by atoms with Crippen LogP contribution in [0.15, 0.2) is 47.4 Å². The van der Waals surface area contributed by atoms with Gasteiger partial charge in [0.25, 0.3) is 10.1 Å². The first-order valence-corrected chi connectivity index (χ1v) is 12.4. The Bertz CT molecular complexity index is 883. The summed E-state index contributed by atoms with van der Waals surface area (Å²) >= 11 is 0. The first-order valence-electron chi connectivity index (χ1n) is 11.0. The minimum Gasteiger partial charge on any atom is -0.870 e. The first-order chi connectivity index (χ1) is 14.4. The summed E-state index contributed by atoms with van der Waals surface area (Å²) in [5.41, 5.74) is 0.954. The summed E-state index contributed by atoms with van der Waals surface area (Å²) in [5, 5.41) is 12.4. The van der Waals surface area contributed by atoms with Crippen molar-refractivity contribution in [2.45, 2.75) is 82.4 Å². The molecule has 0 aromatic heterocycles. The quantitative estimate of drug-likeness (QED) is 0.259. The molecule has 0 saturated heterocycles. The third kappa shape index (κ3) is 10.8. The van der Waals surface area contributed by atoms with Crippen LogP contribution in [-0.2, 0) is 16.5 Å². The van der Waals surface area contributed by atoms with E-state index in [1.54, 1.807) is 18.2 Å². The second kappa shape index (κ2) is 15.4. The number of ether oxygens (including phenoxy) is 1. The van der Waals surface area contributed by atoms with Crippen LogP contribution in [0.1, 0.15) is 76.7 Å². The van der Waals surface area contributed by atoms with E-state index in [1.165, 1.54) is 69.6 Å². The molecule has 0 spiro atoms.